The molecular weight excluding hydrogens is 519 g/mol. The number of carbonyl (C=O) groups excluding carboxylic acids is 1. The van der Waals surface area contributed by atoms with Crippen molar-refractivity contribution in [3.05, 3.63) is 76.8 Å². The number of hydrogen-bond acceptors (Lipinski definition) is 7. The van der Waals surface area contributed by atoms with E-state index in [1.807, 2.05) is 48.5 Å². The zero-order valence-electron chi connectivity index (χ0n) is 19.7. The predicted molar refractivity (Wildman–Crippen MR) is 144 cm³/mol. The van der Waals surface area contributed by atoms with Gasteiger partial charge in [0.1, 0.15) is 22.9 Å². The van der Waals surface area contributed by atoms with E-state index in [9.17, 15) is 4.79 Å². The van der Waals surface area contributed by atoms with Gasteiger partial charge in [-0.3, -0.25) is 4.79 Å². The second kappa shape index (κ2) is 11.6. The number of nitrogens with zero attached hydrogens (tertiary/aromatic N) is 3. The highest BCUT2D eigenvalue weighted by Gasteiger charge is 2.20. The number of rotatable bonds is 8. The van der Waals surface area contributed by atoms with Crippen LogP contribution in [0, 0.1) is 0 Å². The predicted octanol–water partition coefficient (Wildman–Crippen LogP) is 6.65. The molecule has 0 fully saturated rings. The lowest BCUT2D eigenvalue weighted by Gasteiger charge is -2.13. The molecule has 184 valence electrons. The molecule has 0 saturated heterocycles. The molecule has 0 bridgehead atoms. The molecule has 4 aromatic rings. The van der Waals surface area contributed by atoms with Crippen LogP contribution in [0.4, 0.5) is 5.69 Å². The molecule has 0 radical (unpaired) electrons. The molecule has 0 aliphatic carbocycles. The average molecular weight is 541 g/mol. The molecule has 0 spiro atoms. The van der Waals surface area contributed by atoms with Gasteiger partial charge in [0.15, 0.2) is 0 Å². The zero-order valence-corrected chi connectivity index (χ0v) is 22.0. The van der Waals surface area contributed by atoms with Crippen molar-refractivity contribution < 1.29 is 14.3 Å². The van der Waals surface area contributed by atoms with Crippen molar-refractivity contribution in [1.82, 2.24) is 15.2 Å². The lowest BCUT2D eigenvalue weighted by Crippen LogP contribution is -2.22. The molecule has 36 heavy (non-hydrogen) atoms. The van der Waals surface area contributed by atoms with Crippen LogP contribution in [0.2, 0.25) is 10.0 Å². The second-order valence-corrected chi connectivity index (χ2v) is 9.84. The van der Waals surface area contributed by atoms with Gasteiger partial charge < -0.3 is 14.8 Å². The molecule has 1 N–H and O–H groups in total. The van der Waals surface area contributed by atoms with Gasteiger partial charge in [-0.25, -0.2) is 4.98 Å². The number of aromatic nitrogens is 3. The Morgan fingerprint density at radius 3 is 1.89 bits per heavy atom. The van der Waals surface area contributed by atoms with Crippen LogP contribution in [0.1, 0.15) is 6.92 Å². The van der Waals surface area contributed by atoms with Crippen molar-refractivity contribution in [3.8, 4) is 34.0 Å². The Hall–Kier alpha value is -3.33. The molecule has 0 aliphatic rings. The molecular formula is C26H22Cl2N4O3S. The number of methoxy groups -OCH3 is 2. The van der Waals surface area contributed by atoms with Gasteiger partial charge in [0.25, 0.3) is 0 Å². The number of carbonyl (C=O) groups is 1. The van der Waals surface area contributed by atoms with E-state index in [4.69, 9.17) is 37.7 Å². The van der Waals surface area contributed by atoms with Gasteiger partial charge in [-0.15, -0.1) is 10.2 Å². The Kier molecular flexibility index (Phi) is 8.30. The minimum atomic E-state index is -0.514. The monoisotopic (exact) mass is 540 g/mol. The Labute approximate surface area is 223 Å². The molecule has 0 saturated carbocycles. The van der Waals surface area contributed by atoms with Crippen LogP contribution >= 0.6 is 35.0 Å². The molecule has 1 unspecified atom stereocenters. The number of anilines is 1. The summed E-state index contributed by atoms with van der Waals surface area (Å²) < 4.78 is 10.5. The number of hydrogen-bond donors (Lipinski definition) is 1. The fourth-order valence-electron chi connectivity index (χ4n) is 3.34. The molecule has 10 heteroatoms. The summed E-state index contributed by atoms with van der Waals surface area (Å²) in [6, 6.07) is 19.9. The summed E-state index contributed by atoms with van der Waals surface area (Å²) in [5.74, 6) is 1.22. The van der Waals surface area contributed by atoms with E-state index in [-0.39, 0.29) is 5.91 Å². The Morgan fingerprint density at radius 1 is 0.833 bits per heavy atom. The molecule has 0 aliphatic heterocycles. The van der Waals surface area contributed by atoms with Crippen molar-refractivity contribution in [2.45, 2.75) is 17.3 Å². The van der Waals surface area contributed by atoms with Crippen LogP contribution in [0.3, 0.4) is 0 Å². The molecule has 4 rings (SSSR count). The van der Waals surface area contributed by atoms with E-state index in [0.717, 1.165) is 22.6 Å². The lowest BCUT2D eigenvalue weighted by molar-refractivity contribution is -0.115. The topological polar surface area (TPSA) is 86.2 Å². The van der Waals surface area contributed by atoms with Crippen molar-refractivity contribution >= 4 is 46.6 Å². The molecule has 3 aromatic carbocycles. The summed E-state index contributed by atoms with van der Waals surface area (Å²) in [6.45, 7) is 1.76. The van der Waals surface area contributed by atoms with Gasteiger partial charge in [-0.2, -0.15) is 0 Å². The van der Waals surface area contributed by atoms with Crippen LogP contribution in [-0.4, -0.2) is 40.6 Å². The first-order valence-corrected chi connectivity index (χ1v) is 12.5. The quantitative estimate of drug-likeness (QED) is 0.250. The van der Waals surface area contributed by atoms with E-state index in [2.05, 4.69) is 15.5 Å². The number of amides is 1. The summed E-state index contributed by atoms with van der Waals surface area (Å²) in [4.78, 5) is 17.6. The van der Waals surface area contributed by atoms with Crippen molar-refractivity contribution in [2.75, 3.05) is 19.5 Å². The van der Waals surface area contributed by atoms with E-state index < -0.39 is 5.25 Å². The van der Waals surface area contributed by atoms with Crippen molar-refractivity contribution in [3.63, 3.8) is 0 Å². The third-order valence-corrected chi connectivity index (χ3v) is 6.56. The van der Waals surface area contributed by atoms with Gasteiger partial charge in [0.2, 0.25) is 11.1 Å². The zero-order chi connectivity index (χ0) is 25.7. The normalized spacial score (nSPS) is 11.6. The molecule has 7 nitrogen and oxygen atoms in total. The first-order valence-electron chi connectivity index (χ1n) is 10.8. The SMILES string of the molecule is COc1ccc(-c2nnc(SC(C)C(=O)Nc3cc(Cl)cc(Cl)c3)nc2-c2ccc(OC)cc2)cc1. The standard InChI is InChI=1S/C26H22Cl2N4O3S/c1-15(25(33)29-20-13-18(27)12-19(28)14-20)36-26-30-23(16-4-8-21(34-2)9-5-16)24(31-32-26)17-6-10-22(35-3)11-7-17/h4-15H,1-3H3,(H,29,33). The van der Waals surface area contributed by atoms with Crippen molar-refractivity contribution in [2.24, 2.45) is 0 Å². The smallest absolute Gasteiger partial charge is 0.237 e. The Morgan fingerprint density at radius 2 is 1.36 bits per heavy atom. The largest absolute Gasteiger partial charge is 0.497 e. The number of nitrogens with one attached hydrogen (secondary N) is 1. The summed E-state index contributed by atoms with van der Waals surface area (Å²) in [5, 5.41) is 12.3. The molecule has 1 amide bonds. The summed E-state index contributed by atoms with van der Waals surface area (Å²) >= 11 is 13.3. The number of thioether (sulfide) groups is 1. The highest BCUT2D eigenvalue weighted by molar-refractivity contribution is 8.00. The minimum absolute atomic E-state index is 0.243. The van der Waals surface area contributed by atoms with Crippen LogP contribution in [0.5, 0.6) is 11.5 Å². The minimum Gasteiger partial charge on any atom is -0.497 e. The maximum absolute atomic E-state index is 12.8. The number of ether oxygens (including phenoxy) is 2. The van der Waals surface area contributed by atoms with Crippen LogP contribution in [0.15, 0.2) is 71.9 Å². The van der Waals surface area contributed by atoms with E-state index >= 15 is 0 Å². The number of benzene rings is 3. The Bertz CT molecular complexity index is 1350. The van der Waals surface area contributed by atoms with Gasteiger partial charge in [-0.1, -0.05) is 35.0 Å². The summed E-state index contributed by atoms with van der Waals surface area (Å²) in [7, 11) is 3.23. The van der Waals surface area contributed by atoms with Crippen molar-refractivity contribution in [1.29, 1.82) is 0 Å². The molecule has 1 aromatic heterocycles. The lowest BCUT2D eigenvalue weighted by atomic mass is 10.0. The molecule has 1 heterocycles. The third-order valence-electron chi connectivity index (χ3n) is 5.18. The van der Waals surface area contributed by atoms with Gasteiger partial charge >= 0.3 is 0 Å². The van der Waals surface area contributed by atoms with Gasteiger partial charge in [-0.05, 0) is 73.7 Å². The highest BCUT2D eigenvalue weighted by atomic mass is 35.5. The van der Waals surface area contributed by atoms with Crippen LogP contribution in [-0.2, 0) is 4.79 Å². The maximum atomic E-state index is 12.8. The fraction of sp³-hybridized carbons (Fsp3) is 0.154. The van der Waals surface area contributed by atoms with Crippen LogP contribution < -0.4 is 14.8 Å². The second-order valence-electron chi connectivity index (χ2n) is 7.66. The van der Waals surface area contributed by atoms with E-state index in [0.29, 0.717) is 32.3 Å². The highest BCUT2D eigenvalue weighted by Crippen LogP contribution is 2.33. The van der Waals surface area contributed by atoms with Gasteiger partial charge in [0.05, 0.1) is 19.5 Å². The summed E-state index contributed by atoms with van der Waals surface area (Å²) in [5.41, 5.74) is 3.43. The van der Waals surface area contributed by atoms with Gasteiger partial charge in [0, 0.05) is 26.9 Å². The first kappa shape index (κ1) is 25.8. The van der Waals surface area contributed by atoms with E-state index in [1.165, 1.54) is 11.8 Å². The van der Waals surface area contributed by atoms with E-state index in [1.54, 1.807) is 39.3 Å². The maximum Gasteiger partial charge on any atom is 0.237 e. The average Bonchev–Trinajstić information content (AvgIpc) is 2.88. The first-order chi connectivity index (χ1) is 17.4. The Balaban J connectivity index is 1.62. The van der Waals surface area contributed by atoms with Crippen LogP contribution in [0.25, 0.3) is 22.5 Å². The third kappa shape index (κ3) is 6.26. The fourth-order valence-corrected chi connectivity index (χ4v) is 4.58. The summed E-state index contributed by atoms with van der Waals surface area (Å²) in [6.07, 6.45) is 0. The number of halogens is 2. The molecule has 1 atom stereocenters.